The van der Waals surface area contributed by atoms with Gasteiger partial charge >= 0.3 is 6.09 Å². The van der Waals surface area contributed by atoms with Crippen LogP contribution in [0, 0.1) is 0 Å². The Bertz CT molecular complexity index is 924. The fourth-order valence-corrected chi connectivity index (χ4v) is 4.43. The number of piperidine rings is 1. The van der Waals surface area contributed by atoms with Crippen molar-refractivity contribution in [3.8, 4) is 0 Å². The quantitative estimate of drug-likeness (QED) is 0.768. The molecule has 4 rings (SSSR count). The number of alkyl carbamates (subject to hydrolysis) is 1. The van der Waals surface area contributed by atoms with Gasteiger partial charge in [0, 0.05) is 50.0 Å². The smallest absolute Gasteiger partial charge is 0.407 e. The van der Waals surface area contributed by atoms with E-state index in [2.05, 4.69) is 15.6 Å². The van der Waals surface area contributed by atoms with Crippen molar-refractivity contribution >= 4 is 39.4 Å². The van der Waals surface area contributed by atoms with E-state index in [9.17, 15) is 18.4 Å². The second-order valence-corrected chi connectivity index (χ2v) is 8.17. The number of nitrogens with one attached hydrogen (secondary N) is 2. The van der Waals surface area contributed by atoms with Crippen molar-refractivity contribution < 1.29 is 23.1 Å². The zero-order chi connectivity index (χ0) is 20.5. The summed E-state index contributed by atoms with van der Waals surface area (Å²) in [7, 11) is 1.49. The van der Waals surface area contributed by atoms with Gasteiger partial charge in [0.15, 0.2) is 0 Å². The number of hydrogen-bond donors (Lipinski definition) is 2. The Morgan fingerprint density at radius 1 is 1.28 bits per heavy atom. The van der Waals surface area contributed by atoms with E-state index in [0.29, 0.717) is 47.5 Å². The fraction of sp³-hybridized carbons (Fsp3) is 0.526. The third-order valence-electron chi connectivity index (χ3n) is 5.18. The molecular formula is C19H22F2N4O3S. The van der Waals surface area contributed by atoms with Gasteiger partial charge in [0.05, 0.1) is 15.8 Å². The maximum Gasteiger partial charge on any atom is 0.407 e. The molecule has 0 radical (unpaired) electrons. The minimum Gasteiger partial charge on any atom is -0.446 e. The van der Waals surface area contributed by atoms with Crippen LogP contribution in [-0.2, 0) is 4.74 Å². The molecule has 0 atom stereocenters. The number of carbonyl (C=O) groups excluding carboxylic acids is 2. The third kappa shape index (κ3) is 4.26. The summed E-state index contributed by atoms with van der Waals surface area (Å²) in [6.45, 7) is 1.06. The van der Waals surface area contributed by atoms with E-state index in [1.54, 1.807) is 5.38 Å². The van der Waals surface area contributed by atoms with Gasteiger partial charge in [-0.3, -0.25) is 4.79 Å². The number of nitrogens with zero attached hydrogens (tertiary/aromatic N) is 2. The van der Waals surface area contributed by atoms with Gasteiger partial charge in [0.25, 0.3) is 12.3 Å². The van der Waals surface area contributed by atoms with Crippen molar-refractivity contribution in [3.63, 3.8) is 0 Å². The highest BCUT2D eigenvalue weighted by molar-refractivity contribution is 7.17. The molecule has 2 N–H and O–H groups in total. The number of carbonyl (C=O) groups is 2. The number of hydrogen-bond acceptors (Lipinski definition) is 6. The van der Waals surface area contributed by atoms with Crippen molar-refractivity contribution in [2.75, 3.05) is 25.0 Å². The average Bonchev–Trinajstić information content (AvgIpc) is 3.42. The number of anilines is 1. The van der Waals surface area contributed by atoms with Crippen LogP contribution in [0.1, 0.15) is 48.0 Å². The molecule has 156 valence electrons. The monoisotopic (exact) mass is 424 g/mol. The van der Waals surface area contributed by atoms with Crippen LogP contribution >= 0.6 is 11.3 Å². The lowest BCUT2D eigenvalue weighted by Crippen LogP contribution is -2.40. The van der Waals surface area contributed by atoms with Crippen LogP contribution in [0.3, 0.4) is 0 Å². The molecule has 1 aliphatic heterocycles. The van der Waals surface area contributed by atoms with Crippen molar-refractivity contribution in [2.45, 2.75) is 44.3 Å². The van der Waals surface area contributed by atoms with Crippen LogP contribution in [0.4, 0.5) is 19.4 Å². The van der Waals surface area contributed by atoms with E-state index < -0.39 is 6.43 Å². The summed E-state index contributed by atoms with van der Waals surface area (Å²) in [5.74, 6) is 0.0622. The summed E-state index contributed by atoms with van der Waals surface area (Å²) in [4.78, 5) is 30.3. The largest absolute Gasteiger partial charge is 0.446 e. The first-order chi connectivity index (χ1) is 14.0. The molecule has 7 nitrogen and oxygen atoms in total. The molecule has 2 fully saturated rings. The van der Waals surface area contributed by atoms with Gasteiger partial charge < -0.3 is 20.3 Å². The van der Waals surface area contributed by atoms with Crippen LogP contribution < -0.4 is 15.5 Å². The Kier molecular flexibility index (Phi) is 5.53. The van der Waals surface area contributed by atoms with Crippen LogP contribution in [-0.4, -0.2) is 49.3 Å². The molecule has 0 bridgehead atoms. The highest BCUT2D eigenvalue weighted by Gasteiger charge is 2.28. The molecule has 3 heterocycles. The van der Waals surface area contributed by atoms with Crippen molar-refractivity contribution in [2.24, 2.45) is 0 Å². The van der Waals surface area contributed by atoms with Crippen LogP contribution in [0.15, 0.2) is 11.4 Å². The third-order valence-corrected chi connectivity index (χ3v) is 6.20. The first-order valence-electron chi connectivity index (χ1n) is 9.60. The second-order valence-electron chi connectivity index (χ2n) is 7.29. The molecule has 29 heavy (non-hydrogen) atoms. The van der Waals surface area contributed by atoms with Crippen LogP contribution in [0.5, 0.6) is 0 Å². The molecular weight excluding hydrogens is 402 g/mol. The molecule has 1 saturated carbocycles. The van der Waals surface area contributed by atoms with Gasteiger partial charge in [0.1, 0.15) is 11.9 Å². The molecule has 2 aliphatic rings. The first-order valence-corrected chi connectivity index (χ1v) is 10.5. The minimum atomic E-state index is -2.66. The highest BCUT2D eigenvalue weighted by Crippen LogP contribution is 2.36. The van der Waals surface area contributed by atoms with E-state index in [1.807, 2.05) is 4.90 Å². The molecule has 2 aromatic heterocycles. The number of halogens is 2. The standard InChI is InChI=1S/C19H22F2N4O3S/c1-22-18(26)13-9-29-16-12(17(20)21)8-14(24-15(13)16)25-6-4-11(5-7-25)28-19(27)23-10-2-3-10/h8-11,17H,2-7H2,1H3,(H,22,26)(H,23,27). The zero-order valence-electron chi connectivity index (χ0n) is 15.9. The predicted molar refractivity (Wildman–Crippen MR) is 106 cm³/mol. The number of amides is 2. The van der Waals surface area contributed by atoms with Gasteiger partial charge in [-0.25, -0.2) is 18.6 Å². The minimum absolute atomic E-state index is 0.118. The summed E-state index contributed by atoms with van der Waals surface area (Å²) in [5, 5.41) is 6.88. The predicted octanol–water partition coefficient (Wildman–Crippen LogP) is 3.45. The summed E-state index contributed by atoms with van der Waals surface area (Å²) in [5.41, 5.74) is 0.475. The first kappa shape index (κ1) is 19.8. The Morgan fingerprint density at radius 2 is 2.00 bits per heavy atom. The second kappa shape index (κ2) is 8.10. The molecule has 0 spiro atoms. The molecule has 1 saturated heterocycles. The van der Waals surface area contributed by atoms with Gasteiger partial charge in [-0.05, 0) is 18.9 Å². The zero-order valence-corrected chi connectivity index (χ0v) is 16.7. The van der Waals surface area contributed by atoms with Gasteiger partial charge in [-0.2, -0.15) is 0 Å². The van der Waals surface area contributed by atoms with Crippen LogP contribution in [0.25, 0.3) is 10.2 Å². The van der Waals surface area contributed by atoms with E-state index in [1.165, 1.54) is 13.1 Å². The average molecular weight is 424 g/mol. The summed E-state index contributed by atoms with van der Waals surface area (Å²) in [6.07, 6.45) is -0.0854. The van der Waals surface area contributed by atoms with E-state index in [4.69, 9.17) is 4.74 Å². The van der Waals surface area contributed by atoms with Crippen molar-refractivity contribution in [3.05, 3.63) is 22.6 Å². The number of aromatic nitrogens is 1. The number of rotatable bonds is 5. The Labute approximate surface area is 170 Å². The van der Waals surface area contributed by atoms with E-state index in [0.717, 1.165) is 24.2 Å². The summed E-state index contributed by atoms with van der Waals surface area (Å²) in [6, 6.07) is 1.64. The van der Waals surface area contributed by atoms with E-state index in [-0.39, 0.29) is 29.7 Å². The molecule has 1 aliphatic carbocycles. The molecule has 2 amide bonds. The van der Waals surface area contributed by atoms with Gasteiger partial charge in [0.2, 0.25) is 0 Å². The normalized spacial score (nSPS) is 17.6. The van der Waals surface area contributed by atoms with Gasteiger partial charge in [-0.15, -0.1) is 11.3 Å². The fourth-order valence-electron chi connectivity index (χ4n) is 3.42. The number of thiophene rings is 1. The lowest BCUT2D eigenvalue weighted by Gasteiger charge is -2.32. The molecule has 0 unspecified atom stereocenters. The lowest BCUT2D eigenvalue weighted by molar-refractivity contribution is 0.0827. The Hall–Kier alpha value is -2.49. The van der Waals surface area contributed by atoms with E-state index >= 15 is 0 Å². The van der Waals surface area contributed by atoms with Crippen molar-refractivity contribution in [1.82, 2.24) is 15.6 Å². The van der Waals surface area contributed by atoms with Crippen LogP contribution in [0.2, 0.25) is 0 Å². The maximum absolute atomic E-state index is 13.6. The molecule has 2 aromatic rings. The Morgan fingerprint density at radius 3 is 2.62 bits per heavy atom. The topological polar surface area (TPSA) is 83.6 Å². The van der Waals surface area contributed by atoms with Crippen molar-refractivity contribution in [1.29, 1.82) is 0 Å². The number of alkyl halides is 2. The summed E-state index contributed by atoms with van der Waals surface area (Å²) < 4.78 is 33.1. The number of ether oxygens (including phenoxy) is 1. The Balaban J connectivity index is 1.51. The molecule has 0 aromatic carbocycles. The SMILES string of the molecule is CNC(=O)c1csc2c(C(F)F)cc(N3CCC(OC(=O)NC4CC4)CC3)nc12. The molecule has 10 heteroatoms. The highest BCUT2D eigenvalue weighted by atomic mass is 32.1. The number of fused-ring (bicyclic) bond motifs is 1. The lowest BCUT2D eigenvalue weighted by atomic mass is 10.1. The number of pyridine rings is 1. The summed E-state index contributed by atoms with van der Waals surface area (Å²) >= 11 is 1.10. The van der Waals surface area contributed by atoms with Gasteiger partial charge in [-0.1, -0.05) is 0 Å². The maximum atomic E-state index is 13.6.